The van der Waals surface area contributed by atoms with E-state index >= 15 is 0 Å². The van der Waals surface area contributed by atoms with Gasteiger partial charge in [0.25, 0.3) is 0 Å². The van der Waals surface area contributed by atoms with Crippen molar-refractivity contribution >= 4 is 5.91 Å². The van der Waals surface area contributed by atoms with Crippen LogP contribution in [0.1, 0.15) is 44.2 Å². The molecule has 0 radical (unpaired) electrons. The van der Waals surface area contributed by atoms with Gasteiger partial charge in [0.15, 0.2) is 0 Å². The second kappa shape index (κ2) is 5.89. The van der Waals surface area contributed by atoms with Crippen LogP contribution in [-0.4, -0.2) is 13.0 Å². The first-order valence-corrected chi connectivity index (χ1v) is 6.65. The first-order chi connectivity index (χ1) is 8.72. The highest BCUT2D eigenvalue weighted by atomic mass is 16.5. The quantitative estimate of drug-likeness (QED) is 0.888. The topological polar surface area (TPSA) is 38.3 Å². The molecule has 3 heteroatoms. The van der Waals surface area contributed by atoms with Crippen molar-refractivity contribution in [2.45, 2.75) is 38.6 Å². The maximum absolute atomic E-state index is 12.1. The second-order valence-electron chi connectivity index (χ2n) is 4.95. The molecule has 1 atom stereocenters. The molecule has 1 aromatic rings. The van der Waals surface area contributed by atoms with Crippen LogP contribution in [0.15, 0.2) is 24.3 Å². The Labute approximate surface area is 109 Å². The molecule has 1 amide bonds. The second-order valence-corrected chi connectivity index (χ2v) is 4.95. The summed E-state index contributed by atoms with van der Waals surface area (Å²) in [7, 11) is 1.66. The van der Waals surface area contributed by atoms with Gasteiger partial charge in [-0.15, -0.1) is 0 Å². The number of rotatable bonds is 4. The fourth-order valence-electron chi connectivity index (χ4n) is 2.62. The van der Waals surface area contributed by atoms with Crippen LogP contribution in [0.2, 0.25) is 0 Å². The lowest BCUT2D eigenvalue weighted by atomic mass is 10.0. The summed E-state index contributed by atoms with van der Waals surface area (Å²) in [6, 6.07) is 7.82. The van der Waals surface area contributed by atoms with Crippen LogP contribution >= 0.6 is 0 Å². The summed E-state index contributed by atoms with van der Waals surface area (Å²) in [4.78, 5) is 12.1. The van der Waals surface area contributed by atoms with Gasteiger partial charge in [-0.3, -0.25) is 4.79 Å². The molecule has 1 unspecified atom stereocenters. The number of para-hydroxylation sites is 1. The van der Waals surface area contributed by atoms with Crippen LogP contribution in [0.3, 0.4) is 0 Å². The standard InChI is InChI=1S/C15H21NO2/c1-11(13-9-5-6-10-14(13)18-2)16-15(17)12-7-3-4-8-12/h5-6,9-12H,3-4,7-8H2,1-2H3,(H,16,17). The molecular formula is C15H21NO2. The number of hydrogen-bond donors (Lipinski definition) is 1. The van der Waals surface area contributed by atoms with Gasteiger partial charge >= 0.3 is 0 Å². The molecule has 0 aliphatic heterocycles. The van der Waals surface area contributed by atoms with E-state index in [1.54, 1.807) is 7.11 Å². The fraction of sp³-hybridized carbons (Fsp3) is 0.533. The van der Waals surface area contributed by atoms with E-state index < -0.39 is 0 Å². The summed E-state index contributed by atoms with van der Waals surface area (Å²) >= 11 is 0. The zero-order chi connectivity index (χ0) is 13.0. The maximum atomic E-state index is 12.1. The Bertz CT molecular complexity index is 411. The van der Waals surface area contributed by atoms with Crippen molar-refractivity contribution in [1.29, 1.82) is 0 Å². The normalized spacial score (nSPS) is 17.4. The minimum absolute atomic E-state index is 0.00532. The van der Waals surface area contributed by atoms with E-state index in [1.807, 2.05) is 31.2 Å². The lowest BCUT2D eigenvalue weighted by molar-refractivity contribution is -0.125. The van der Waals surface area contributed by atoms with Crippen molar-refractivity contribution in [3.63, 3.8) is 0 Å². The van der Waals surface area contributed by atoms with Crippen LogP contribution in [0, 0.1) is 5.92 Å². The van der Waals surface area contributed by atoms with Crippen molar-refractivity contribution in [1.82, 2.24) is 5.32 Å². The van der Waals surface area contributed by atoms with E-state index in [1.165, 1.54) is 12.8 Å². The van der Waals surface area contributed by atoms with Crippen LogP contribution in [0.25, 0.3) is 0 Å². The Balaban J connectivity index is 2.02. The molecule has 0 saturated heterocycles. The van der Waals surface area contributed by atoms with E-state index in [0.717, 1.165) is 24.2 Å². The summed E-state index contributed by atoms with van der Waals surface area (Å²) in [5.41, 5.74) is 1.03. The van der Waals surface area contributed by atoms with Crippen molar-refractivity contribution < 1.29 is 9.53 Å². The molecule has 0 heterocycles. The zero-order valence-electron chi connectivity index (χ0n) is 11.1. The number of methoxy groups -OCH3 is 1. The molecule has 0 aromatic heterocycles. The van der Waals surface area contributed by atoms with E-state index in [0.29, 0.717) is 0 Å². The van der Waals surface area contributed by atoms with E-state index in [2.05, 4.69) is 5.32 Å². The summed E-state index contributed by atoms with van der Waals surface area (Å²) in [6.07, 6.45) is 4.43. The predicted molar refractivity (Wildman–Crippen MR) is 71.5 cm³/mol. The van der Waals surface area contributed by atoms with Crippen molar-refractivity contribution in [2.24, 2.45) is 5.92 Å². The molecule has 18 heavy (non-hydrogen) atoms. The highest BCUT2D eigenvalue weighted by molar-refractivity contribution is 5.79. The highest BCUT2D eigenvalue weighted by Crippen LogP contribution is 2.28. The minimum Gasteiger partial charge on any atom is -0.496 e. The van der Waals surface area contributed by atoms with Gasteiger partial charge in [-0.1, -0.05) is 31.0 Å². The number of carbonyl (C=O) groups excluding carboxylic acids is 1. The molecule has 1 N–H and O–H groups in total. The third-order valence-corrected chi connectivity index (χ3v) is 3.69. The molecule has 98 valence electrons. The van der Waals surface area contributed by atoms with Crippen molar-refractivity contribution in [3.8, 4) is 5.75 Å². The Morgan fingerprint density at radius 1 is 1.33 bits per heavy atom. The monoisotopic (exact) mass is 247 g/mol. The van der Waals surface area contributed by atoms with Gasteiger partial charge < -0.3 is 10.1 Å². The number of nitrogens with one attached hydrogen (secondary N) is 1. The number of ether oxygens (including phenoxy) is 1. The molecule has 1 aliphatic rings. The molecule has 1 saturated carbocycles. The van der Waals surface area contributed by atoms with Crippen molar-refractivity contribution in [2.75, 3.05) is 7.11 Å². The minimum atomic E-state index is -0.00532. The number of benzene rings is 1. The van der Waals surface area contributed by atoms with Crippen LogP contribution < -0.4 is 10.1 Å². The fourth-order valence-corrected chi connectivity index (χ4v) is 2.62. The summed E-state index contributed by atoms with van der Waals surface area (Å²) in [5, 5.41) is 3.09. The lowest BCUT2D eigenvalue weighted by Gasteiger charge is -2.19. The molecule has 0 spiro atoms. The first-order valence-electron chi connectivity index (χ1n) is 6.65. The van der Waals surface area contributed by atoms with Gasteiger partial charge in [0, 0.05) is 11.5 Å². The summed E-state index contributed by atoms with van der Waals surface area (Å²) in [5.74, 6) is 1.23. The Morgan fingerprint density at radius 3 is 2.67 bits per heavy atom. The smallest absolute Gasteiger partial charge is 0.223 e. The van der Waals surface area contributed by atoms with Gasteiger partial charge in [0.1, 0.15) is 5.75 Å². The molecule has 1 fully saturated rings. The average Bonchev–Trinajstić information content (AvgIpc) is 2.92. The van der Waals surface area contributed by atoms with E-state index in [9.17, 15) is 4.79 Å². The molecular weight excluding hydrogens is 226 g/mol. The lowest BCUT2D eigenvalue weighted by Crippen LogP contribution is -2.31. The number of amides is 1. The Hall–Kier alpha value is -1.51. The summed E-state index contributed by atoms with van der Waals surface area (Å²) in [6.45, 7) is 2.00. The Morgan fingerprint density at radius 2 is 2.00 bits per heavy atom. The van der Waals surface area contributed by atoms with Gasteiger partial charge in [0.05, 0.1) is 13.2 Å². The molecule has 2 rings (SSSR count). The van der Waals surface area contributed by atoms with Crippen LogP contribution in [-0.2, 0) is 4.79 Å². The molecule has 0 bridgehead atoms. The van der Waals surface area contributed by atoms with Crippen LogP contribution in [0.4, 0.5) is 0 Å². The Kier molecular flexibility index (Phi) is 4.24. The van der Waals surface area contributed by atoms with Gasteiger partial charge in [-0.25, -0.2) is 0 Å². The third-order valence-electron chi connectivity index (χ3n) is 3.69. The van der Waals surface area contributed by atoms with E-state index in [4.69, 9.17) is 4.74 Å². The molecule has 1 aliphatic carbocycles. The van der Waals surface area contributed by atoms with Gasteiger partial charge in [-0.2, -0.15) is 0 Å². The van der Waals surface area contributed by atoms with Crippen LogP contribution in [0.5, 0.6) is 5.75 Å². The van der Waals surface area contributed by atoms with Crippen molar-refractivity contribution in [3.05, 3.63) is 29.8 Å². The maximum Gasteiger partial charge on any atom is 0.223 e. The first kappa shape index (κ1) is 12.9. The molecule has 1 aromatic carbocycles. The largest absolute Gasteiger partial charge is 0.496 e. The average molecular weight is 247 g/mol. The molecule has 3 nitrogen and oxygen atoms in total. The van der Waals surface area contributed by atoms with E-state index in [-0.39, 0.29) is 17.9 Å². The highest BCUT2D eigenvalue weighted by Gasteiger charge is 2.24. The third kappa shape index (κ3) is 2.84. The summed E-state index contributed by atoms with van der Waals surface area (Å²) < 4.78 is 5.32. The zero-order valence-corrected chi connectivity index (χ0v) is 11.1. The van der Waals surface area contributed by atoms with Gasteiger partial charge in [0.2, 0.25) is 5.91 Å². The van der Waals surface area contributed by atoms with Gasteiger partial charge in [-0.05, 0) is 25.8 Å². The SMILES string of the molecule is COc1ccccc1C(C)NC(=O)C1CCCC1. The number of hydrogen-bond acceptors (Lipinski definition) is 2. The predicted octanol–water partition coefficient (Wildman–Crippen LogP) is 3.06. The number of carbonyl (C=O) groups is 1.